The molecule has 2 aromatic carbocycles. The maximum Gasteiger partial charge on any atom is 0.414 e. The van der Waals surface area contributed by atoms with Crippen molar-refractivity contribution in [3.8, 4) is 17.0 Å². The smallest absolute Gasteiger partial charge is 0.414 e. The molecule has 0 atom stereocenters. The highest BCUT2D eigenvalue weighted by Crippen LogP contribution is 2.37. The number of amides is 2. The molecule has 0 radical (unpaired) electrons. The summed E-state index contributed by atoms with van der Waals surface area (Å²) >= 11 is 0. The van der Waals surface area contributed by atoms with E-state index in [1.807, 2.05) is 36.4 Å². The Kier molecular flexibility index (Phi) is 9.55. The van der Waals surface area contributed by atoms with Gasteiger partial charge in [0.25, 0.3) is 0 Å². The number of fused-ring (bicyclic) bond motifs is 1. The molecule has 2 N–H and O–H groups in total. The number of ether oxygens (including phenoxy) is 4. The zero-order valence-electron chi connectivity index (χ0n) is 27.4. The summed E-state index contributed by atoms with van der Waals surface area (Å²) in [6, 6.07) is 11.1. The fraction of sp³-hybridized carbons (Fsp3) is 0.394. The molecule has 2 heterocycles. The zero-order valence-corrected chi connectivity index (χ0v) is 27.4. The fourth-order valence-corrected chi connectivity index (χ4v) is 4.35. The molecule has 0 unspecified atom stereocenters. The number of hydrogen-bond donors (Lipinski definition) is 2. The van der Waals surface area contributed by atoms with Crippen molar-refractivity contribution in [2.75, 3.05) is 0 Å². The second-order valence-corrected chi connectivity index (χ2v) is 13.0. The number of rotatable bonds is 6. The van der Waals surface area contributed by atoms with E-state index in [9.17, 15) is 14.4 Å². The Labute approximate surface area is 268 Å². The molecule has 3 aromatic rings. The lowest BCUT2D eigenvalue weighted by atomic mass is 10.0. The minimum Gasteiger partial charge on any atom is -0.451 e. The maximum atomic E-state index is 12.9. The summed E-state index contributed by atoms with van der Waals surface area (Å²) in [7, 11) is 0. The number of carbonyl (C=O) groups excluding carboxylic acids is 3. The van der Waals surface area contributed by atoms with E-state index >= 15 is 0 Å². The van der Waals surface area contributed by atoms with Gasteiger partial charge in [-0.2, -0.15) is 0 Å². The molecule has 13 heteroatoms. The molecule has 1 aliphatic heterocycles. The number of aromatic nitrogens is 3. The van der Waals surface area contributed by atoms with Crippen LogP contribution in [0.1, 0.15) is 82.4 Å². The van der Waals surface area contributed by atoms with Crippen LogP contribution in [0.3, 0.4) is 0 Å². The van der Waals surface area contributed by atoms with Gasteiger partial charge in [-0.15, -0.1) is 5.10 Å². The Bertz CT molecular complexity index is 1630. The molecular weight excluding hydrogens is 592 g/mol. The highest BCUT2D eigenvalue weighted by Gasteiger charge is 2.37. The number of guanidine groups is 1. The van der Waals surface area contributed by atoms with E-state index < -0.39 is 35.1 Å². The molecule has 0 spiro atoms. The third kappa shape index (κ3) is 9.16. The number of aliphatic imine (C=N–C) groups is 1. The average molecular weight is 633 g/mol. The van der Waals surface area contributed by atoms with E-state index in [1.54, 1.807) is 72.3 Å². The van der Waals surface area contributed by atoms with Crippen LogP contribution in [-0.4, -0.2) is 56.1 Å². The van der Waals surface area contributed by atoms with Crippen LogP contribution in [0.5, 0.6) is 5.75 Å². The first-order chi connectivity index (χ1) is 21.4. The van der Waals surface area contributed by atoms with Gasteiger partial charge in [0.05, 0.1) is 19.3 Å². The van der Waals surface area contributed by atoms with Gasteiger partial charge in [-0.05, 0) is 52.7 Å². The minimum atomic E-state index is -1.09. The van der Waals surface area contributed by atoms with Crippen molar-refractivity contribution in [2.45, 2.75) is 85.5 Å². The standard InChI is InChI=1S/C33H40N6O7/c1-10-21-15-16-23(25-26(21)43-33(8,9)44-27(25)40)18-39-19-24(37-38-39)22-13-11-20(12-14-22)17-34-28(35-29(41)45-31(2,3)4)36-30(42)46-32(5,6)7/h10-16,19H,1,17-18H2,2-9H3,(H2,34,35,36,41,42). The summed E-state index contributed by atoms with van der Waals surface area (Å²) in [5, 5.41) is 13.5. The van der Waals surface area contributed by atoms with Crippen LogP contribution in [0.15, 0.2) is 54.2 Å². The van der Waals surface area contributed by atoms with Gasteiger partial charge in [0.2, 0.25) is 11.7 Å². The molecule has 244 valence electrons. The van der Waals surface area contributed by atoms with Crippen LogP contribution in [0.25, 0.3) is 17.3 Å². The number of nitrogens with one attached hydrogen (secondary N) is 2. The number of alkyl carbamates (subject to hydrolysis) is 2. The molecule has 13 nitrogen and oxygen atoms in total. The van der Waals surface area contributed by atoms with Crippen molar-refractivity contribution in [2.24, 2.45) is 4.99 Å². The van der Waals surface area contributed by atoms with Gasteiger partial charge in [0, 0.05) is 25.0 Å². The Morgan fingerprint density at radius 3 is 2.15 bits per heavy atom. The third-order valence-electron chi connectivity index (χ3n) is 6.16. The normalized spacial score (nSPS) is 13.8. The van der Waals surface area contributed by atoms with Gasteiger partial charge >= 0.3 is 18.2 Å². The highest BCUT2D eigenvalue weighted by molar-refractivity contribution is 6.01. The van der Waals surface area contributed by atoms with E-state index in [0.717, 1.165) is 11.1 Å². The van der Waals surface area contributed by atoms with Gasteiger partial charge in [-0.1, -0.05) is 54.3 Å². The monoisotopic (exact) mass is 632 g/mol. The number of benzene rings is 2. The summed E-state index contributed by atoms with van der Waals surface area (Å²) in [4.78, 5) is 42.0. The Morgan fingerprint density at radius 1 is 0.978 bits per heavy atom. The number of carbonyl (C=O) groups is 3. The van der Waals surface area contributed by atoms with E-state index in [4.69, 9.17) is 18.9 Å². The molecule has 1 aliphatic rings. The molecule has 1 aromatic heterocycles. The van der Waals surface area contributed by atoms with Crippen molar-refractivity contribution >= 4 is 30.2 Å². The van der Waals surface area contributed by atoms with E-state index in [-0.39, 0.29) is 19.0 Å². The lowest BCUT2D eigenvalue weighted by Gasteiger charge is -2.33. The zero-order chi connectivity index (χ0) is 33.9. The van der Waals surface area contributed by atoms with Gasteiger partial charge in [-0.25, -0.2) is 24.1 Å². The topological polar surface area (TPSA) is 155 Å². The third-order valence-corrected chi connectivity index (χ3v) is 6.16. The summed E-state index contributed by atoms with van der Waals surface area (Å²) in [5.41, 5.74) is 2.41. The molecular formula is C33H40N6O7. The first-order valence-electron chi connectivity index (χ1n) is 14.7. The maximum absolute atomic E-state index is 12.9. The van der Waals surface area contributed by atoms with Crippen molar-refractivity contribution in [1.29, 1.82) is 0 Å². The highest BCUT2D eigenvalue weighted by atomic mass is 16.7. The summed E-state index contributed by atoms with van der Waals surface area (Å²) in [6.07, 6.45) is 1.86. The molecule has 46 heavy (non-hydrogen) atoms. The molecule has 0 fully saturated rings. The van der Waals surface area contributed by atoms with Gasteiger partial charge in [-0.3, -0.25) is 10.6 Å². The SMILES string of the molecule is C=Cc1ccc(Cn2cc(-c3ccc(CN=C(NC(=O)OC(C)(C)C)NC(=O)OC(C)(C)C)cc3)nn2)c2c1OC(C)(C)OC2=O. The lowest BCUT2D eigenvalue weighted by molar-refractivity contribution is -0.127. The first kappa shape index (κ1) is 33.7. The summed E-state index contributed by atoms with van der Waals surface area (Å²) in [6.45, 7) is 17.9. The number of nitrogens with zero attached hydrogens (tertiary/aromatic N) is 4. The molecule has 2 amide bonds. The minimum absolute atomic E-state index is 0.114. The van der Waals surface area contributed by atoms with Crippen LogP contribution in [0.2, 0.25) is 0 Å². The fourth-order valence-electron chi connectivity index (χ4n) is 4.35. The number of cyclic esters (lactones) is 1. The lowest BCUT2D eigenvalue weighted by Crippen LogP contribution is -2.47. The van der Waals surface area contributed by atoms with Gasteiger partial charge in [0.1, 0.15) is 28.2 Å². The average Bonchev–Trinajstić information content (AvgIpc) is 3.37. The molecule has 0 saturated heterocycles. The van der Waals surface area contributed by atoms with Gasteiger partial charge in [0.15, 0.2) is 0 Å². The van der Waals surface area contributed by atoms with Crippen LogP contribution in [0, 0.1) is 0 Å². The second kappa shape index (κ2) is 13.0. The van der Waals surface area contributed by atoms with Crippen LogP contribution >= 0.6 is 0 Å². The van der Waals surface area contributed by atoms with Crippen molar-refractivity contribution in [3.63, 3.8) is 0 Å². The molecule has 0 saturated carbocycles. The van der Waals surface area contributed by atoms with E-state index in [1.165, 1.54) is 0 Å². The van der Waals surface area contributed by atoms with Crippen molar-refractivity contribution in [1.82, 2.24) is 25.6 Å². The van der Waals surface area contributed by atoms with Crippen LogP contribution < -0.4 is 15.4 Å². The van der Waals surface area contributed by atoms with Crippen molar-refractivity contribution < 1.29 is 33.3 Å². The van der Waals surface area contributed by atoms with E-state index in [0.29, 0.717) is 28.1 Å². The molecule has 4 rings (SSSR count). The first-order valence-corrected chi connectivity index (χ1v) is 14.7. The summed E-state index contributed by atoms with van der Waals surface area (Å²) in [5.74, 6) is -1.26. The Hall–Kier alpha value is -5.20. The van der Waals surface area contributed by atoms with Crippen LogP contribution in [0.4, 0.5) is 9.59 Å². The Balaban J connectivity index is 1.48. The van der Waals surface area contributed by atoms with E-state index in [2.05, 4.69) is 32.5 Å². The molecule has 0 aliphatic carbocycles. The molecule has 0 bridgehead atoms. The quantitative estimate of drug-likeness (QED) is 0.148. The summed E-state index contributed by atoms with van der Waals surface area (Å²) < 4.78 is 23.6. The predicted octanol–water partition coefficient (Wildman–Crippen LogP) is 5.83. The van der Waals surface area contributed by atoms with Crippen molar-refractivity contribution in [3.05, 3.63) is 71.4 Å². The predicted molar refractivity (Wildman–Crippen MR) is 171 cm³/mol. The Morgan fingerprint density at radius 2 is 1.59 bits per heavy atom. The van der Waals surface area contributed by atoms with Gasteiger partial charge < -0.3 is 18.9 Å². The number of hydrogen-bond acceptors (Lipinski definition) is 10. The number of esters is 1. The van der Waals surface area contributed by atoms with Crippen LogP contribution in [-0.2, 0) is 27.3 Å². The largest absolute Gasteiger partial charge is 0.451 e. The second-order valence-electron chi connectivity index (χ2n) is 13.0.